The summed E-state index contributed by atoms with van der Waals surface area (Å²) in [7, 11) is 1.62. The van der Waals surface area contributed by atoms with Crippen molar-refractivity contribution >= 4 is 16.8 Å². The summed E-state index contributed by atoms with van der Waals surface area (Å²) >= 11 is 0. The predicted octanol–water partition coefficient (Wildman–Crippen LogP) is 1.24. The molecule has 5 heteroatoms. The molecule has 1 amide bonds. The van der Waals surface area contributed by atoms with Crippen molar-refractivity contribution in [2.24, 2.45) is 5.92 Å². The fourth-order valence-electron chi connectivity index (χ4n) is 2.37. The van der Waals surface area contributed by atoms with E-state index < -0.39 is 0 Å². The average Bonchev–Trinajstić information content (AvgIpc) is 2.79. The first-order valence-corrected chi connectivity index (χ1v) is 6.28. The minimum Gasteiger partial charge on any atom is -0.497 e. The van der Waals surface area contributed by atoms with E-state index in [2.05, 4.69) is 4.98 Å². The van der Waals surface area contributed by atoms with Gasteiger partial charge >= 0.3 is 0 Å². The smallest absolute Gasteiger partial charge is 0.270 e. The standard InChI is InChI=1S/C14H16N2O3/c1-19-11-3-2-10-4-13(15-12(10)5-11)14(18)16-6-9(7-16)8-17/h2-5,9,15,17H,6-8H2,1H3. The number of amides is 1. The van der Waals surface area contributed by atoms with Gasteiger partial charge in [0.25, 0.3) is 5.91 Å². The van der Waals surface area contributed by atoms with Crippen LogP contribution in [0.4, 0.5) is 0 Å². The van der Waals surface area contributed by atoms with E-state index in [1.165, 1.54) is 0 Å². The third-order valence-corrected chi connectivity index (χ3v) is 3.56. The molecule has 0 atom stereocenters. The molecule has 0 spiro atoms. The number of hydrogen-bond acceptors (Lipinski definition) is 3. The number of carbonyl (C=O) groups excluding carboxylic acids is 1. The molecule has 2 aromatic rings. The number of aromatic nitrogens is 1. The van der Waals surface area contributed by atoms with Gasteiger partial charge in [-0.1, -0.05) is 0 Å². The minimum absolute atomic E-state index is 0.0140. The second-order valence-corrected chi connectivity index (χ2v) is 4.89. The van der Waals surface area contributed by atoms with E-state index in [1.807, 2.05) is 24.3 Å². The summed E-state index contributed by atoms with van der Waals surface area (Å²) in [5.74, 6) is 0.978. The van der Waals surface area contributed by atoms with Gasteiger partial charge in [-0.05, 0) is 18.2 Å². The van der Waals surface area contributed by atoms with Gasteiger partial charge in [-0.2, -0.15) is 0 Å². The van der Waals surface area contributed by atoms with Crippen molar-refractivity contribution < 1.29 is 14.6 Å². The Morgan fingerprint density at radius 1 is 1.47 bits per heavy atom. The number of fused-ring (bicyclic) bond motifs is 1. The Kier molecular flexibility index (Phi) is 2.91. The van der Waals surface area contributed by atoms with Crippen LogP contribution in [0.1, 0.15) is 10.5 Å². The highest BCUT2D eigenvalue weighted by molar-refractivity contribution is 5.98. The van der Waals surface area contributed by atoms with Gasteiger partial charge in [0.2, 0.25) is 0 Å². The fraction of sp³-hybridized carbons (Fsp3) is 0.357. The molecule has 1 aliphatic heterocycles. The zero-order valence-corrected chi connectivity index (χ0v) is 10.7. The summed E-state index contributed by atoms with van der Waals surface area (Å²) in [4.78, 5) is 17.1. The van der Waals surface area contributed by atoms with E-state index in [-0.39, 0.29) is 18.4 Å². The second-order valence-electron chi connectivity index (χ2n) is 4.89. The summed E-state index contributed by atoms with van der Waals surface area (Å²) in [6.45, 7) is 1.41. The number of H-pyrrole nitrogens is 1. The molecular formula is C14H16N2O3. The number of nitrogens with zero attached hydrogens (tertiary/aromatic N) is 1. The molecule has 1 aromatic carbocycles. The van der Waals surface area contributed by atoms with Gasteiger partial charge in [-0.3, -0.25) is 4.79 Å². The number of likely N-dealkylation sites (tertiary alicyclic amines) is 1. The van der Waals surface area contributed by atoms with E-state index in [0.717, 1.165) is 16.7 Å². The van der Waals surface area contributed by atoms with E-state index in [4.69, 9.17) is 9.84 Å². The van der Waals surface area contributed by atoms with E-state index in [0.29, 0.717) is 18.8 Å². The van der Waals surface area contributed by atoms with Crippen LogP contribution < -0.4 is 4.74 Å². The Morgan fingerprint density at radius 3 is 2.95 bits per heavy atom. The molecule has 100 valence electrons. The van der Waals surface area contributed by atoms with Gasteiger partial charge in [0.05, 0.1) is 7.11 Å². The highest BCUT2D eigenvalue weighted by Gasteiger charge is 2.31. The summed E-state index contributed by atoms with van der Waals surface area (Å²) in [6.07, 6.45) is 0. The first-order valence-electron chi connectivity index (χ1n) is 6.28. The van der Waals surface area contributed by atoms with Gasteiger partial charge < -0.3 is 19.7 Å². The van der Waals surface area contributed by atoms with Crippen LogP contribution in [-0.4, -0.2) is 47.7 Å². The molecule has 2 heterocycles. The van der Waals surface area contributed by atoms with Crippen LogP contribution in [0.2, 0.25) is 0 Å². The molecule has 2 N–H and O–H groups in total. The van der Waals surface area contributed by atoms with Crippen molar-refractivity contribution in [3.63, 3.8) is 0 Å². The molecule has 1 aromatic heterocycles. The molecule has 1 fully saturated rings. The van der Waals surface area contributed by atoms with Crippen molar-refractivity contribution in [1.82, 2.24) is 9.88 Å². The maximum Gasteiger partial charge on any atom is 0.270 e. The lowest BCUT2D eigenvalue weighted by Crippen LogP contribution is -2.51. The van der Waals surface area contributed by atoms with Crippen LogP contribution in [0, 0.1) is 5.92 Å². The number of carbonyl (C=O) groups is 1. The number of aliphatic hydroxyl groups excluding tert-OH is 1. The SMILES string of the molecule is COc1ccc2cc(C(=O)N3CC(CO)C3)[nH]c2c1. The van der Waals surface area contributed by atoms with Gasteiger partial charge in [0, 0.05) is 42.6 Å². The Labute approximate surface area is 110 Å². The van der Waals surface area contributed by atoms with Crippen molar-refractivity contribution in [3.05, 3.63) is 30.0 Å². The van der Waals surface area contributed by atoms with Crippen molar-refractivity contribution in [2.45, 2.75) is 0 Å². The first-order chi connectivity index (χ1) is 9.21. The van der Waals surface area contributed by atoms with Crippen molar-refractivity contribution in [3.8, 4) is 5.75 Å². The van der Waals surface area contributed by atoms with E-state index in [1.54, 1.807) is 12.0 Å². The molecule has 0 aliphatic carbocycles. The molecule has 0 radical (unpaired) electrons. The summed E-state index contributed by atoms with van der Waals surface area (Å²) in [6, 6.07) is 7.52. The third kappa shape index (κ3) is 2.06. The number of rotatable bonds is 3. The lowest BCUT2D eigenvalue weighted by atomic mass is 10.0. The average molecular weight is 260 g/mol. The second kappa shape index (κ2) is 4.59. The zero-order valence-electron chi connectivity index (χ0n) is 10.7. The summed E-state index contributed by atoms with van der Waals surface area (Å²) < 4.78 is 5.16. The summed E-state index contributed by atoms with van der Waals surface area (Å²) in [5, 5.41) is 9.96. The first kappa shape index (κ1) is 12.0. The van der Waals surface area contributed by atoms with E-state index in [9.17, 15) is 4.79 Å². The Hall–Kier alpha value is -2.01. The summed E-state index contributed by atoms with van der Waals surface area (Å²) in [5.41, 5.74) is 1.47. The van der Waals surface area contributed by atoms with Gasteiger partial charge in [0.1, 0.15) is 11.4 Å². The molecule has 1 aliphatic rings. The maximum absolute atomic E-state index is 12.2. The molecule has 0 unspecified atom stereocenters. The number of aromatic amines is 1. The van der Waals surface area contributed by atoms with Crippen LogP contribution in [0.3, 0.4) is 0 Å². The molecule has 1 saturated heterocycles. The van der Waals surface area contributed by atoms with Crippen LogP contribution in [0.15, 0.2) is 24.3 Å². The zero-order chi connectivity index (χ0) is 13.4. The topological polar surface area (TPSA) is 65.6 Å². The Balaban J connectivity index is 1.83. The monoisotopic (exact) mass is 260 g/mol. The molecule has 0 bridgehead atoms. The lowest BCUT2D eigenvalue weighted by Gasteiger charge is -2.37. The van der Waals surface area contributed by atoms with Crippen molar-refractivity contribution in [2.75, 3.05) is 26.8 Å². The molecule has 5 nitrogen and oxygen atoms in total. The highest BCUT2D eigenvalue weighted by Crippen LogP contribution is 2.23. The number of aliphatic hydroxyl groups is 1. The third-order valence-electron chi connectivity index (χ3n) is 3.56. The van der Waals surface area contributed by atoms with Crippen LogP contribution in [-0.2, 0) is 0 Å². The van der Waals surface area contributed by atoms with Gasteiger partial charge in [-0.25, -0.2) is 0 Å². The molecule has 3 rings (SSSR count). The fourth-order valence-corrected chi connectivity index (χ4v) is 2.37. The predicted molar refractivity (Wildman–Crippen MR) is 71.3 cm³/mol. The van der Waals surface area contributed by atoms with Crippen LogP contribution in [0.5, 0.6) is 5.75 Å². The Morgan fingerprint density at radius 2 is 2.26 bits per heavy atom. The molecule has 19 heavy (non-hydrogen) atoms. The van der Waals surface area contributed by atoms with Crippen molar-refractivity contribution in [1.29, 1.82) is 0 Å². The maximum atomic E-state index is 12.2. The minimum atomic E-state index is -0.0140. The van der Waals surface area contributed by atoms with Crippen LogP contribution >= 0.6 is 0 Å². The lowest BCUT2D eigenvalue weighted by molar-refractivity contribution is 0.0357. The van der Waals surface area contributed by atoms with Crippen LogP contribution in [0.25, 0.3) is 10.9 Å². The largest absolute Gasteiger partial charge is 0.497 e. The number of ether oxygens (including phenoxy) is 1. The Bertz CT molecular complexity index is 614. The highest BCUT2D eigenvalue weighted by atomic mass is 16.5. The molecular weight excluding hydrogens is 244 g/mol. The number of benzene rings is 1. The number of nitrogens with one attached hydrogen (secondary N) is 1. The quantitative estimate of drug-likeness (QED) is 0.872. The normalized spacial score (nSPS) is 15.6. The van der Waals surface area contributed by atoms with Gasteiger partial charge in [-0.15, -0.1) is 0 Å². The number of methoxy groups -OCH3 is 1. The number of hydrogen-bond donors (Lipinski definition) is 2. The molecule has 0 saturated carbocycles. The van der Waals surface area contributed by atoms with Gasteiger partial charge in [0.15, 0.2) is 0 Å². The van der Waals surface area contributed by atoms with E-state index >= 15 is 0 Å².